The molecule has 0 unspecified atom stereocenters. The van der Waals surface area contributed by atoms with E-state index < -0.39 is 17.9 Å². The molecule has 0 radical (unpaired) electrons. The standard InChI is InChI=1S/3C3H4O2.C3H8/c3*1-2-3(4)5;1-3-2/h3*2H,1H2,(H,4,5);3H2,1-2H3. The van der Waals surface area contributed by atoms with Crippen LogP contribution in [0.2, 0.25) is 0 Å². The summed E-state index contributed by atoms with van der Waals surface area (Å²) in [6.45, 7) is 13.1. The Labute approximate surface area is 107 Å². The van der Waals surface area contributed by atoms with E-state index in [1.165, 1.54) is 6.42 Å². The molecule has 0 rings (SSSR count). The smallest absolute Gasteiger partial charge is 0.327 e. The molecule has 104 valence electrons. The molecule has 0 aromatic rings. The van der Waals surface area contributed by atoms with E-state index in [-0.39, 0.29) is 0 Å². The molecule has 6 nitrogen and oxygen atoms in total. The third kappa shape index (κ3) is 165. The Balaban J connectivity index is -0.0000000739. The minimum Gasteiger partial charge on any atom is -0.478 e. The number of aliphatic carboxylic acids is 3. The van der Waals surface area contributed by atoms with Gasteiger partial charge in [0.1, 0.15) is 0 Å². The molecule has 0 aliphatic rings. The van der Waals surface area contributed by atoms with E-state index in [0.29, 0.717) is 0 Å². The van der Waals surface area contributed by atoms with Gasteiger partial charge in [-0.25, -0.2) is 14.4 Å². The third-order valence-corrected chi connectivity index (χ3v) is 0.524. The molecule has 0 heterocycles. The number of rotatable bonds is 3. The largest absolute Gasteiger partial charge is 0.478 e. The lowest BCUT2D eigenvalue weighted by molar-refractivity contribution is -0.132. The Hall–Kier alpha value is -2.37. The Kier molecular flexibility index (Phi) is 33.1. The van der Waals surface area contributed by atoms with Crippen molar-refractivity contribution in [2.24, 2.45) is 0 Å². The summed E-state index contributed by atoms with van der Waals surface area (Å²) in [6, 6.07) is 0. The second-order valence-electron chi connectivity index (χ2n) is 2.33. The van der Waals surface area contributed by atoms with Gasteiger partial charge in [0.05, 0.1) is 0 Å². The number of carboxylic acids is 3. The summed E-state index contributed by atoms with van der Waals surface area (Å²) in [7, 11) is 0. The Morgan fingerprint density at radius 1 is 0.778 bits per heavy atom. The third-order valence-electron chi connectivity index (χ3n) is 0.524. The molecule has 18 heavy (non-hydrogen) atoms. The van der Waals surface area contributed by atoms with Crippen LogP contribution < -0.4 is 0 Å². The average molecular weight is 260 g/mol. The molecular formula is C12H20O6. The summed E-state index contributed by atoms with van der Waals surface area (Å²) in [6.07, 6.45) is 3.75. The van der Waals surface area contributed by atoms with Gasteiger partial charge in [-0.05, 0) is 0 Å². The quantitative estimate of drug-likeness (QED) is 0.670. The maximum Gasteiger partial charge on any atom is 0.327 e. The average Bonchev–Trinajstić information content (AvgIpc) is 2.31. The molecule has 6 heteroatoms. The van der Waals surface area contributed by atoms with Gasteiger partial charge in [0.15, 0.2) is 0 Å². The van der Waals surface area contributed by atoms with Crippen LogP contribution in [0.5, 0.6) is 0 Å². The first kappa shape index (κ1) is 24.7. The van der Waals surface area contributed by atoms with Crippen molar-refractivity contribution in [1.82, 2.24) is 0 Å². The van der Waals surface area contributed by atoms with Crippen molar-refractivity contribution in [3.05, 3.63) is 38.0 Å². The fraction of sp³-hybridized carbons (Fsp3) is 0.250. The van der Waals surface area contributed by atoms with Crippen LogP contribution in [0.4, 0.5) is 0 Å². The van der Waals surface area contributed by atoms with Crippen LogP contribution >= 0.6 is 0 Å². The molecule has 0 bridgehead atoms. The highest BCUT2D eigenvalue weighted by Gasteiger charge is 1.74. The minimum atomic E-state index is -0.981. The topological polar surface area (TPSA) is 112 Å². The highest BCUT2D eigenvalue weighted by Crippen LogP contribution is 1.56. The fourth-order valence-electron chi connectivity index (χ4n) is 0. The molecule has 0 aliphatic carbocycles. The summed E-state index contributed by atoms with van der Waals surface area (Å²) in [5.74, 6) is -2.94. The van der Waals surface area contributed by atoms with E-state index in [1.807, 2.05) is 0 Å². The molecule has 0 spiro atoms. The van der Waals surface area contributed by atoms with Crippen LogP contribution in [0.25, 0.3) is 0 Å². The first-order chi connectivity index (χ1) is 8.22. The lowest BCUT2D eigenvalue weighted by atomic mass is 10.6. The Morgan fingerprint density at radius 3 is 0.833 bits per heavy atom. The SMILES string of the molecule is C=CC(=O)O.C=CC(=O)O.C=CC(=O)O.CCC. The van der Waals surface area contributed by atoms with Crippen molar-refractivity contribution in [2.75, 3.05) is 0 Å². The van der Waals surface area contributed by atoms with Gasteiger partial charge in [-0.2, -0.15) is 0 Å². The molecule has 0 aromatic heterocycles. The van der Waals surface area contributed by atoms with E-state index >= 15 is 0 Å². The van der Waals surface area contributed by atoms with Crippen molar-refractivity contribution in [1.29, 1.82) is 0 Å². The van der Waals surface area contributed by atoms with Gasteiger partial charge in [-0.1, -0.05) is 40.0 Å². The van der Waals surface area contributed by atoms with Gasteiger partial charge < -0.3 is 15.3 Å². The van der Waals surface area contributed by atoms with Crippen LogP contribution in [0.3, 0.4) is 0 Å². The van der Waals surface area contributed by atoms with Gasteiger partial charge in [0.25, 0.3) is 0 Å². The van der Waals surface area contributed by atoms with Crippen LogP contribution in [-0.4, -0.2) is 33.2 Å². The second kappa shape index (κ2) is 24.1. The van der Waals surface area contributed by atoms with Gasteiger partial charge in [0, 0.05) is 18.2 Å². The molecule has 0 saturated carbocycles. The number of carboxylic acid groups (broad SMARTS) is 3. The van der Waals surface area contributed by atoms with Crippen molar-refractivity contribution in [3.63, 3.8) is 0 Å². The molecule has 0 aliphatic heterocycles. The normalized spacial score (nSPS) is 6.33. The maximum atomic E-state index is 9.25. The zero-order valence-corrected chi connectivity index (χ0v) is 10.6. The van der Waals surface area contributed by atoms with E-state index in [4.69, 9.17) is 15.3 Å². The minimum absolute atomic E-state index is 0.833. The predicted octanol–water partition coefficient (Wildman–Crippen LogP) is 2.19. The fourth-order valence-corrected chi connectivity index (χ4v) is 0. The van der Waals surface area contributed by atoms with E-state index in [1.54, 1.807) is 0 Å². The highest BCUT2D eigenvalue weighted by molar-refractivity contribution is 5.79. The van der Waals surface area contributed by atoms with Crippen molar-refractivity contribution >= 4 is 17.9 Å². The molecule has 0 fully saturated rings. The Morgan fingerprint density at radius 2 is 0.833 bits per heavy atom. The summed E-state index contributed by atoms with van der Waals surface area (Å²) in [5, 5.41) is 22.8. The predicted molar refractivity (Wildman–Crippen MR) is 69.5 cm³/mol. The molecule has 0 aromatic carbocycles. The zero-order valence-electron chi connectivity index (χ0n) is 10.6. The summed E-state index contributed by atoms with van der Waals surface area (Å²) in [5.41, 5.74) is 0. The lowest BCUT2D eigenvalue weighted by Crippen LogP contribution is -1.82. The zero-order chi connectivity index (χ0) is 15.6. The van der Waals surface area contributed by atoms with Crippen molar-refractivity contribution in [3.8, 4) is 0 Å². The Bertz CT molecular complexity index is 225. The first-order valence-electron chi connectivity index (χ1n) is 4.79. The molecule has 0 saturated heterocycles. The summed E-state index contributed by atoms with van der Waals surface area (Å²) in [4.78, 5) is 27.8. The van der Waals surface area contributed by atoms with E-state index in [2.05, 4.69) is 33.6 Å². The van der Waals surface area contributed by atoms with Gasteiger partial charge in [-0.3, -0.25) is 0 Å². The summed E-state index contributed by atoms with van der Waals surface area (Å²) >= 11 is 0. The maximum absolute atomic E-state index is 9.25. The highest BCUT2D eigenvalue weighted by atomic mass is 16.4. The van der Waals surface area contributed by atoms with Gasteiger partial charge >= 0.3 is 17.9 Å². The number of carbonyl (C=O) groups is 3. The van der Waals surface area contributed by atoms with Gasteiger partial charge in [-0.15, -0.1) is 0 Å². The molecular weight excluding hydrogens is 240 g/mol. The van der Waals surface area contributed by atoms with E-state index in [0.717, 1.165) is 18.2 Å². The lowest BCUT2D eigenvalue weighted by Gasteiger charge is -1.64. The van der Waals surface area contributed by atoms with Crippen molar-refractivity contribution < 1.29 is 29.7 Å². The van der Waals surface area contributed by atoms with Crippen LogP contribution in [0.15, 0.2) is 38.0 Å². The van der Waals surface area contributed by atoms with Crippen LogP contribution in [0, 0.1) is 0 Å². The first-order valence-corrected chi connectivity index (χ1v) is 4.79. The molecule has 0 atom stereocenters. The number of hydrogen-bond acceptors (Lipinski definition) is 3. The van der Waals surface area contributed by atoms with Crippen LogP contribution in [0.1, 0.15) is 20.3 Å². The van der Waals surface area contributed by atoms with E-state index in [9.17, 15) is 14.4 Å². The van der Waals surface area contributed by atoms with Crippen molar-refractivity contribution in [2.45, 2.75) is 20.3 Å². The molecule has 3 N–H and O–H groups in total. The monoisotopic (exact) mass is 260 g/mol. The number of hydrogen-bond donors (Lipinski definition) is 3. The summed E-state index contributed by atoms with van der Waals surface area (Å²) < 4.78 is 0. The second-order valence-corrected chi connectivity index (χ2v) is 2.33. The molecule has 0 amide bonds. The van der Waals surface area contributed by atoms with Gasteiger partial charge in [0.2, 0.25) is 0 Å². The van der Waals surface area contributed by atoms with Crippen LogP contribution in [-0.2, 0) is 14.4 Å².